The highest BCUT2D eigenvalue weighted by Crippen LogP contribution is 2.33. The molecule has 0 saturated heterocycles. The standard InChI is InChI=1S/C13H17N3O2/c14-13-15-11-3-1-2-4-12(11)16(13)8-5-9(17)7-10(18)6-8/h1-4,8-10,17-18H,5-7H2,(H2,14,15)/t8-,9-,10+. The van der Waals surface area contributed by atoms with Crippen LogP contribution in [0, 0.1) is 0 Å². The van der Waals surface area contributed by atoms with Crippen molar-refractivity contribution in [1.82, 2.24) is 9.55 Å². The van der Waals surface area contributed by atoms with E-state index >= 15 is 0 Å². The van der Waals surface area contributed by atoms with Crippen molar-refractivity contribution in [2.45, 2.75) is 37.5 Å². The maximum absolute atomic E-state index is 9.78. The summed E-state index contributed by atoms with van der Waals surface area (Å²) in [4.78, 5) is 4.32. The van der Waals surface area contributed by atoms with Gasteiger partial charge in [-0.05, 0) is 31.4 Å². The van der Waals surface area contributed by atoms with Gasteiger partial charge in [0.15, 0.2) is 0 Å². The molecule has 1 saturated carbocycles. The monoisotopic (exact) mass is 247 g/mol. The number of aliphatic hydroxyl groups is 2. The predicted octanol–water partition coefficient (Wildman–Crippen LogP) is 1.07. The van der Waals surface area contributed by atoms with Gasteiger partial charge in [-0.15, -0.1) is 0 Å². The van der Waals surface area contributed by atoms with E-state index in [4.69, 9.17) is 5.73 Å². The quantitative estimate of drug-likeness (QED) is 0.703. The summed E-state index contributed by atoms with van der Waals surface area (Å²) in [5.74, 6) is 0.447. The lowest BCUT2D eigenvalue weighted by atomic mass is 9.90. The normalized spacial score (nSPS) is 28.7. The number of nitrogens with two attached hydrogens (primary N) is 1. The van der Waals surface area contributed by atoms with E-state index in [0.29, 0.717) is 25.2 Å². The van der Waals surface area contributed by atoms with Crippen LogP contribution in [0.5, 0.6) is 0 Å². The lowest BCUT2D eigenvalue weighted by molar-refractivity contribution is 0.0188. The van der Waals surface area contributed by atoms with Crippen LogP contribution in [0.3, 0.4) is 0 Å². The van der Waals surface area contributed by atoms with Crippen LogP contribution in [0.4, 0.5) is 5.95 Å². The number of hydrogen-bond acceptors (Lipinski definition) is 4. The summed E-state index contributed by atoms with van der Waals surface area (Å²) >= 11 is 0. The maximum Gasteiger partial charge on any atom is 0.201 e. The number of hydrogen-bond donors (Lipinski definition) is 3. The summed E-state index contributed by atoms with van der Waals surface area (Å²) < 4.78 is 1.93. The van der Waals surface area contributed by atoms with E-state index in [0.717, 1.165) is 11.0 Å². The molecule has 0 amide bonds. The SMILES string of the molecule is Nc1nc2ccccc2n1[C@H]1C[C@H](O)C[C@H](O)C1. The molecule has 3 rings (SSSR count). The minimum atomic E-state index is -0.473. The highest BCUT2D eigenvalue weighted by atomic mass is 16.3. The fraction of sp³-hybridized carbons (Fsp3) is 0.462. The van der Waals surface area contributed by atoms with Crippen LogP contribution >= 0.6 is 0 Å². The molecule has 1 heterocycles. The molecule has 0 bridgehead atoms. The van der Waals surface area contributed by atoms with Crippen molar-refractivity contribution in [3.8, 4) is 0 Å². The molecule has 0 unspecified atom stereocenters. The van der Waals surface area contributed by atoms with E-state index in [1.807, 2.05) is 28.8 Å². The van der Waals surface area contributed by atoms with Gasteiger partial charge in [0, 0.05) is 6.04 Å². The topological polar surface area (TPSA) is 84.3 Å². The van der Waals surface area contributed by atoms with Crippen LogP contribution < -0.4 is 5.73 Å². The molecule has 18 heavy (non-hydrogen) atoms. The Morgan fingerprint density at radius 3 is 2.50 bits per heavy atom. The smallest absolute Gasteiger partial charge is 0.201 e. The number of para-hydroxylation sites is 2. The molecule has 1 aliphatic rings. The molecule has 5 nitrogen and oxygen atoms in total. The Bertz CT molecular complexity index is 556. The highest BCUT2D eigenvalue weighted by molar-refractivity contribution is 5.78. The van der Waals surface area contributed by atoms with Crippen molar-refractivity contribution in [2.75, 3.05) is 5.73 Å². The summed E-state index contributed by atoms with van der Waals surface area (Å²) in [6.07, 6.45) is 0.727. The van der Waals surface area contributed by atoms with Gasteiger partial charge in [0.1, 0.15) is 0 Å². The summed E-state index contributed by atoms with van der Waals surface area (Å²) in [6.45, 7) is 0. The van der Waals surface area contributed by atoms with E-state index in [-0.39, 0.29) is 6.04 Å². The Morgan fingerprint density at radius 2 is 1.78 bits per heavy atom. The first-order valence-electron chi connectivity index (χ1n) is 6.23. The molecule has 1 aliphatic carbocycles. The van der Waals surface area contributed by atoms with Crippen molar-refractivity contribution in [2.24, 2.45) is 0 Å². The Balaban J connectivity index is 2.05. The predicted molar refractivity (Wildman–Crippen MR) is 69.0 cm³/mol. The van der Waals surface area contributed by atoms with Crippen LogP contribution in [0.25, 0.3) is 11.0 Å². The van der Waals surface area contributed by atoms with Crippen LogP contribution in [-0.2, 0) is 0 Å². The number of nitrogens with zero attached hydrogens (tertiary/aromatic N) is 2. The minimum absolute atomic E-state index is 0.0103. The second-order valence-electron chi connectivity index (χ2n) is 5.00. The van der Waals surface area contributed by atoms with Crippen LogP contribution in [0.15, 0.2) is 24.3 Å². The van der Waals surface area contributed by atoms with Gasteiger partial charge in [-0.25, -0.2) is 4.98 Å². The molecule has 5 heteroatoms. The van der Waals surface area contributed by atoms with Crippen LogP contribution in [0.1, 0.15) is 25.3 Å². The molecule has 3 atom stereocenters. The third kappa shape index (κ3) is 1.85. The Hall–Kier alpha value is -1.59. The van der Waals surface area contributed by atoms with E-state index in [2.05, 4.69) is 4.98 Å². The van der Waals surface area contributed by atoms with Gasteiger partial charge >= 0.3 is 0 Å². The summed E-state index contributed by atoms with van der Waals surface area (Å²) in [5.41, 5.74) is 7.77. The molecule has 96 valence electrons. The average molecular weight is 247 g/mol. The highest BCUT2D eigenvalue weighted by Gasteiger charge is 2.29. The molecule has 1 aromatic carbocycles. The number of fused-ring (bicyclic) bond motifs is 1. The lowest BCUT2D eigenvalue weighted by Crippen LogP contribution is -2.31. The van der Waals surface area contributed by atoms with Crippen molar-refractivity contribution < 1.29 is 10.2 Å². The summed E-state index contributed by atoms with van der Waals surface area (Å²) in [6, 6.07) is 7.75. The molecule has 0 radical (unpaired) electrons. The van der Waals surface area contributed by atoms with Gasteiger partial charge in [-0.3, -0.25) is 0 Å². The minimum Gasteiger partial charge on any atom is -0.393 e. The van der Waals surface area contributed by atoms with E-state index in [9.17, 15) is 10.2 Å². The summed E-state index contributed by atoms with van der Waals surface area (Å²) in [7, 11) is 0. The molecule has 0 aliphatic heterocycles. The molecular formula is C13H17N3O2. The zero-order chi connectivity index (χ0) is 12.7. The van der Waals surface area contributed by atoms with Crippen molar-refractivity contribution in [1.29, 1.82) is 0 Å². The molecule has 2 aromatic rings. The average Bonchev–Trinajstić information content (AvgIpc) is 2.63. The van der Waals surface area contributed by atoms with Gasteiger partial charge in [-0.1, -0.05) is 12.1 Å². The molecule has 4 N–H and O–H groups in total. The van der Waals surface area contributed by atoms with Gasteiger partial charge in [-0.2, -0.15) is 0 Å². The number of anilines is 1. The Morgan fingerprint density at radius 1 is 1.11 bits per heavy atom. The van der Waals surface area contributed by atoms with Gasteiger partial charge in [0.05, 0.1) is 23.2 Å². The fourth-order valence-corrected chi connectivity index (χ4v) is 2.89. The molecule has 1 fully saturated rings. The summed E-state index contributed by atoms with van der Waals surface area (Å²) in [5, 5.41) is 19.6. The van der Waals surface area contributed by atoms with Gasteiger partial charge in [0.25, 0.3) is 0 Å². The Kier molecular flexibility index (Phi) is 2.72. The second-order valence-corrected chi connectivity index (χ2v) is 5.00. The third-order valence-electron chi connectivity index (χ3n) is 3.62. The van der Waals surface area contributed by atoms with Crippen LogP contribution in [-0.4, -0.2) is 32.0 Å². The fourth-order valence-electron chi connectivity index (χ4n) is 2.89. The second kappa shape index (κ2) is 4.26. The van der Waals surface area contributed by atoms with Gasteiger partial charge < -0.3 is 20.5 Å². The van der Waals surface area contributed by atoms with Crippen molar-refractivity contribution >= 4 is 17.0 Å². The number of imidazole rings is 1. The zero-order valence-corrected chi connectivity index (χ0v) is 10.0. The third-order valence-corrected chi connectivity index (χ3v) is 3.62. The first-order valence-corrected chi connectivity index (χ1v) is 6.23. The van der Waals surface area contributed by atoms with Gasteiger partial charge in [0.2, 0.25) is 5.95 Å². The number of aliphatic hydroxyl groups excluding tert-OH is 2. The van der Waals surface area contributed by atoms with Crippen LogP contribution in [0.2, 0.25) is 0 Å². The first kappa shape index (κ1) is 11.5. The maximum atomic E-state index is 9.78. The van der Waals surface area contributed by atoms with Crippen molar-refractivity contribution in [3.63, 3.8) is 0 Å². The number of nitrogen functional groups attached to an aromatic ring is 1. The van der Waals surface area contributed by atoms with E-state index < -0.39 is 12.2 Å². The number of aromatic nitrogens is 2. The first-order chi connectivity index (χ1) is 8.65. The molecular weight excluding hydrogens is 230 g/mol. The largest absolute Gasteiger partial charge is 0.393 e. The van der Waals surface area contributed by atoms with E-state index in [1.165, 1.54) is 0 Å². The number of benzene rings is 1. The molecule has 1 aromatic heterocycles. The lowest BCUT2D eigenvalue weighted by Gasteiger charge is -2.31. The van der Waals surface area contributed by atoms with Crippen molar-refractivity contribution in [3.05, 3.63) is 24.3 Å². The Labute approximate surface area is 105 Å². The van der Waals surface area contributed by atoms with E-state index in [1.54, 1.807) is 0 Å². The molecule has 0 spiro atoms. The number of rotatable bonds is 1. The zero-order valence-electron chi connectivity index (χ0n) is 10.0.